The lowest BCUT2D eigenvalue weighted by Crippen LogP contribution is -2.44. The lowest BCUT2D eigenvalue weighted by Gasteiger charge is -2.38. The molecule has 1 fully saturated rings. The molecule has 0 spiro atoms. The molecule has 1 aliphatic rings. The summed E-state index contributed by atoms with van der Waals surface area (Å²) in [7, 11) is 0. The van der Waals surface area contributed by atoms with Crippen molar-refractivity contribution in [3.05, 3.63) is 28.5 Å². The Hall–Kier alpha value is -0.410. The van der Waals surface area contributed by atoms with Gasteiger partial charge in [0.25, 0.3) is 0 Å². The molecule has 2 unspecified atom stereocenters. The standard InChI is InChI=1S/C15H23BrN2/c1-15(2,3)18-9-12-5-4-11(12)8-14-7-6-13(16)10-17-14/h6-7,10-12,18H,4-5,8-9H2,1-3H3. The number of aromatic nitrogens is 1. The molecule has 2 nitrogen and oxygen atoms in total. The van der Waals surface area contributed by atoms with Gasteiger partial charge in [-0.1, -0.05) is 0 Å². The van der Waals surface area contributed by atoms with E-state index in [0.717, 1.165) is 29.3 Å². The first-order valence-corrected chi connectivity index (χ1v) is 7.59. The van der Waals surface area contributed by atoms with Gasteiger partial charge in [0.05, 0.1) is 0 Å². The average molecular weight is 311 g/mol. The molecule has 1 aliphatic carbocycles. The van der Waals surface area contributed by atoms with Gasteiger partial charge in [-0.15, -0.1) is 0 Å². The van der Waals surface area contributed by atoms with Gasteiger partial charge in [-0.2, -0.15) is 0 Å². The molecule has 0 amide bonds. The van der Waals surface area contributed by atoms with Crippen LogP contribution in [-0.2, 0) is 6.42 Å². The summed E-state index contributed by atoms with van der Waals surface area (Å²) in [5.41, 5.74) is 1.46. The minimum absolute atomic E-state index is 0.232. The van der Waals surface area contributed by atoms with E-state index in [1.165, 1.54) is 18.5 Å². The predicted octanol–water partition coefficient (Wildman–Crippen LogP) is 3.80. The number of nitrogens with one attached hydrogen (secondary N) is 1. The molecule has 1 heterocycles. The maximum Gasteiger partial charge on any atom is 0.0413 e. The molecule has 100 valence electrons. The molecule has 0 aliphatic heterocycles. The second-order valence-electron chi connectivity index (χ2n) is 6.40. The van der Waals surface area contributed by atoms with Crippen molar-refractivity contribution < 1.29 is 0 Å². The minimum Gasteiger partial charge on any atom is -0.312 e. The summed E-state index contributed by atoms with van der Waals surface area (Å²) in [6, 6.07) is 4.22. The van der Waals surface area contributed by atoms with Crippen LogP contribution in [0.1, 0.15) is 39.3 Å². The highest BCUT2D eigenvalue weighted by atomic mass is 79.9. The van der Waals surface area contributed by atoms with Crippen molar-refractivity contribution >= 4 is 15.9 Å². The molecule has 0 saturated heterocycles. The van der Waals surface area contributed by atoms with Gasteiger partial charge in [0.15, 0.2) is 0 Å². The van der Waals surface area contributed by atoms with E-state index in [4.69, 9.17) is 0 Å². The first-order valence-electron chi connectivity index (χ1n) is 6.79. The Morgan fingerprint density at radius 2 is 2.00 bits per heavy atom. The first kappa shape index (κ1) is 14.0. The lowest BCUT2D eigenvalue weighted by atomic mass is 9.71. The largest absolute Gasteiger partial charge is 0.312 e. The van der Waals surface area contributed by atoms with Gasteiger partial charge in [-0.25, -0.2) is 0 Å². The van der Waals surface area contributed by atoms with Gasteiger partial charge >= 0.3 is 0 Å². The summed E-state index contributed by atoms with van der Waals surface area (Å²) >= 11 is 3.43. The summed E-state index contributed by atoms with van der Waals surface area (Å²) in [5.74, 6) is 1.64. The van der Waals surface area contributed by atoms with Gasteiger partial charge in [-0.05, 0) is 86.5 Å². The second-order valence-corrected chi connectivity index (χ2v) is 7.32. The smallest absolute Gasteiger partial charge is 0.0413 e. The normalized spacial score (nSPS) is 23.8. The monoisotopic (exact) mass is 310 g/mol. The van der Waals surface area contributed by atoms with Crippen LogP contribution in [0.5, 0.6) is 0 Å². The van der Waals surface area contributed by atoms with Crippen molar-refractivity contribution in [2.75, 3.05) is 6.54 Å². The SMILES string of the molecule is CC(C)(C)NCC1CCC1Cc1ccc(Br)cn1. The molecule has 1 aromatic rings. The van der Waals surface area contributed by atoms with E-state index >= 15 is 0 Å². The summed E-state index contributed by atoms with van der Waals surface area (Å²) in [6.45, 7) is 7.84. The van der Waals surface area contributed by atoms with Gasteiger partial charge < -0.3 is 5.32 Å². The van der Waals surface area contributed by atoms with E-state index in [9.17, 15) is 0 Å². The Morgan fingerprint density at radius 3 is 2.50 bits per heavy atom. The Kier molecular flexibility index (Phi) is 4.44. The topological polar surface area (TPSA) is 24.9 Å². The molecule has 1 saturated carbocycles. The predicted molar refractivity (Wildman–Crippen MR) is 79.6 cm³/mol. The van der Waals surface area contributed by atoms with Crippen molar-refractivity contribution in [1.82, 2.24) is 10.3 Å². The molecule has 18 heavy (non-hydrogen) atoms. The van der Waals surface area contributed by atoms with E-state index in [2.05, 4.69) is 59.1 Å². The Balaban J connectivity index is 1.82. The van der Waals surface area contributed by atoms with Crippen LogP contribution in [-0.4, -0.2) is 17.1 Å². The number of nitrogens with zero attached hydrogens (tertiary/aromatic N) is 1. The zero-order chi connectivity index (χ0) is 13.2. The molecule has 1 aromatic heterocycles. The van der Waals surface area contributed by atoms with Crippen LogP contribution in [0, 0.1) is 11.8 Å². The fourth-order valence-electron chi connectivity index (χ4n) is 2.41. The molecule has 0 radical (unpaired) electrons. The van der Waals surface area contributed by atoms with Gasteiger partial charge in [0, 0.05) is 21.9 Å². The number of halogens is 1. The number of hydrogen-bond acceptors (Lipinski definition) is 2. The van der Waals surface area contributed by atoms with Crippen LogP contribution in [0.25, 0.3) is 0 Å². The molecule has 0 bridgehead atoms. The van der Waals surface area contributed by atoms with Crippen molar-refractivity contribution in [1.29, 1.82) is 0 Å². The number of hydrogen-bond donors (Lipinski definition) is 1. The minimum atomic E-state index is 0.232. The van der Waals surface area contributed by atoms with Gasteiger partial charge in [-0.3, -0.25) is 4.98 Å². The number of rotatable bonds is 4. The highest BCUT2D eigenvalue weighted by Gasteiger charge is 2.31. The lowest BCUT2D eigenvalue weighted by molar-refractivity contribution is 0.158. The third-order valence-electron chi connectivity index (χ3n) is 3.73. The Labute approximate surface area is 119 Å². The van der Waals surface area contributed by atoms with Crippen LogP contribution in [0.4, 0.5) is 0 Å². The van der Waals surface area contributed by atoms with Crippen LogP contribution >= 0.6 is 15.9 Å². The van der Waals surface area contributed by atoms with E-state index in [1.54, 1.807) is 0 Å². The van der Waals surface area contributed by atoms with Crippen LogP contribution in [0.15, 0.2) is 22.8 Å². The summed E-state index contributed by atoms with van der Waals surface area (Å²) in [5, 5.41) is 3.62. The van der Waals surface area contributed by atoms with Crippen LogP contribution in [0.3, 0.4) is 0 Å². The molecule has 0 aromatic carbocycles. The maximum absolute atomic E-state index is 4.48. The number of pyridine rings is 1. The van der Waals surface area contributed by atoms with Crippen LogP contribution < -0.4 is 5.32 Å². The third kappa shape index (κ3) is 4.06. The van der Waals surface area contributed by atoms with Crippen molar-refractivity contribution in [3.8, 4) is 0 Å². The van der Waals surface area contributed by atoms with E-state index in [-0.39, 0.29) is 5.54 Å². The molecular weight excluding hydrogens is 288 g/mol. The van der Waals surface area contributed by atoms with Gasteiger partial charge in [0.1, 0.15) is 0 Å². The highest BCUT2D eigenvalue weighted by Crippen LogP contribution is 2.36. The van der Waals surface area contributed by atoms with Crippen molar-refractivity contribution in [3.63, 3.8) is 0 Å². The zero-order valence-corrected chi connectivity index (χ0v) is 13.1. The third-order valence-corrected chi connectivity index (χ3v) is 4.20. The van der Waals surface area contributed by atoms with E-state index in [1.807, 2.05) is 6.20 Å². The summed E-state index contributed by atoms with van der Waals surface area (Å²) in [4.78, 5) is 4.48. The fraction of sp³-hybridized carbons (Fsp3) is 0.667. The quantitative estimate of drug-likeness (QED) is 0.915. The molecule has 1 N–H and O–H groups in total. The molecule has 3 heteroatoms. The van der Waals surface area contributed by atoms with E-state index < -0.39 is 0 Å². The van der Waals surface area contributed by atoms with Crippen LogP contribution in [0.2, 0.25) is 0 Å². The average Bonchev–Trinajstić information content (AvgIpc) is 2.25. The summed E-state index contributed by atoms with van der Waals surface area (Å²) < 4.78 is 1.06. The zero-order valence-electron chi connectivity index (χ0n) is 11.5. The second kappa shape index (κ2) is 5.70. The molecule has 2 atom stereocenters. The first-order chi connectivity index (χ1) is 8.44. The van der Waals surface area contributed by atoms with E-state index in [0.29, 0.717) is 0 Å². The Morgan fingerprint density at radius 1 is 1.28 bits per heavy atom. The maximum atomic E-state index is 4.48. The van der Waals surface area contributed by atoms with Crippen molar-refractivity contribution in [2.24, 2.45) is 11.8 Å². The molecular formula is C15H23BrN2. The fourth-order valence-corrected chi connectivity index (χ4v) is 2.64. The summed E-state index contributed by atoms with van der Waals surface area (Å²) in [6.07, 6.45) is 5.75. The van der Waals surface area contributed by atoms with Gasteiger partial charge in [0.2, 0.25) is 0 Å². The highest BCUT2D eigenvalue weighted by molar-refractivity contribution is 9.10. The Bertz CT molecular complexity index is 380. The van der Waals surface area contributed by atoms with Crippen molar-refractivity contribution in [2.45, 2.75) is 45.6 Å². The molecule has 2 rings (SSSR count).